The number of amides is 1. The molecule has 0 spiro atoms. The number of ether oxygens (including phenoxy) is 3. The number of carbonyl (C=O) groups is 2. The molecule has 2 aliphatic heterocycles. The number of esters is 1. The van der Waals surface area contributed by atoms with E-state index >= 15 is 0 Å². The van der Waals surface area contributed by atoms with Crippen molar-refractivity contribution in [2.45, 2.75) is 20.3 Å². The number of aliphatic hydroxyl groups excluding tert-OH is 1. The second kappa shape index (κ2) is 7.65. The molecule has 0 aromatic heterocycles. The van der Waals surface area contributed by atoms with Crippen LogP contribution in [0.15, 0.2) is 39.4 Å². The molecule has 7 nitrogen and oxygen atoms in total. The minimum absolute atomic E-state index is 0.0920. The van der Waals surface area contributed by atoms with Crippen LogP contribution in [-0.4, -0.2) is 35.4 Å². The molecule has 2 heterocycles. The van der Waals surface area contributed by atoms with Gasteiger partial charge in [0.15, 0.2) is 11.5 Å². The second-order valence-corrected chi connectivity index (χ2v) is 6.36. The van der Waals surface area contributed by atoms with Gasteiger partial charge in [-0.25, -0.2) is 9.79 Å². The summed E-state index contributed by atoms with van der Waals surface area (Å²) in [6.45, 7) is 3.65. The number of nitrogens with zero attached hydrogens (tertiary/aromatic N) is 1. The topological polar surface area (TPSA) is 94.4 Å². The quantitative estimate of drug-likeness (QED) is 0.808. The number of aliphatic hydroxyl groups is 1. The summed E-state index contributed by atoms with van der Waals surface area (Å²) in [7, 11) is 0. The number of hydrogen-bond donors (Lipinski definition) is 1. The smallest absolute Gasteiger partial charge is 0.344 e. The highest BCUT2D eigenvalue weighted by atomic mass is 32.2. The highest BCUT2D eigenvalue weighted by molar-refractivity contribution is 8.18. The summed E-state index contributed by atoms with van der Waals surface area (Å²) in [4.78, 5) is 28.2. The molecule has 0 saturated carbocycles. The van der Waals surface area contributed by atoms with Gasteiger partial charge >= 0.3 is 5.97 Å². The molecule has 2 aliphatic rings. The number of rotatable bonds is 4. The highest BCUT2D eigenvalue weighted by Gasteiger charge is 2.33. The lowest BCUT2D eigenvalue weighted by atomic mass is 10.1. The van der Waals surface area contributed by atoms with E-state index in [4.69, 9.17) is 14.2 Å². The SMILES string of the molecule is CCOC(=O)C1=C(O)/C(=C/c2ccc3c(c2)OCO3)SC1=NC(=O)CC. The van der Waals surface area contributed by atoms with Gasteiger partial charge in [-0.1, -0.05) is 24.8 Å². The third-order valence-corrected chi connectivity index (χ3v) is 4.61. The molecule has 1 aromatic rings. The molecule has 0 aliphatic carbocycles. The lowest BCUT2D eigenvalue weighted by molar-refractivity contribution is -0.138. The summed E-state index contributed by atoms with van der Waals surface area (Å²) in [5.74, 6) is -0.102. The van der Waals surface area contributed by atoms with Crippen molar-refractivity contribution in [3.63, 3.8) is 0 Å². The molecular formula is C18H17NO6S. The number of benzene rings is 1. The summed E-state index contributed by atoms with van der Waals surface area (Å²) in [6.07, 6.45) is 1.88. The van der Waals surface area contributed by atoms with E-state index in [9.17, 15) is 14.7 Å². The van der Waals surface area contributed by atoms with Crippen molar-refractivity contribution in [1.82, 2.24) is 0 Å². The Balaban J connectivity index is 1.98. The van der Waals surface area contributed by atoms with Gasteiger partial charge in [0.05, 0.1) is 11.5 Å². The zero-order valence-electron chi connectivity index (χ0n) is 14.3. The van der Waals surface area contributed by atoms with E-state index in [0.29, 0.717) is 16.4 Å². The average molecular weight is 375 g/mol. The minimum Gasteiger partial charge on any atom is -0.506 e. The Bertz CT molecular complexity index is 855. The van der Waals surface area contributed by atoms with Gasteiger partial charge in [-0.2, -0.15) is 0 Å². The number of carbonyl (C=O) groups excluding carboxylic acids is 2. The standard InChI is InChI=1S/C18H17NO6S/c1-3-14(20)19-17-15(18(22)23-4-2)16(21)13(26-17)8-10-5-6-11-12(7-10)25-9-24-11/h5-8,21H,3-4,9H2,1-2H3/b13-8-,19-17?. The fraction of sp³-hybridized carbons (Fsp3) is 0.278. The van der Waals surface area contributed by atoms with Crippen molar-refractivity contribution in [3.8, 4) is 11.5 Å². The molecule has 0 fully saturated rings. The fourth-order valence-corrected chi connectivity index (χ4v) is 3.37. The van der Waals surface area contributed by atoms with Crippen molar-refractivity contribution in [3.05, 3.63) is 40.0 Å². The van der Waals surface area contributed by atoms with Gasteiger partial charge in [0.1, 0.15) is 16.4 Å². The maximum absolute atomic E-state index is 12.2. The van der Waals surface area contributed by atoms with Crippen molar-refractivity contribution < 1.29 is 28.9 Å². The summed E-state index contributed by atoms with van der Waals surface area (Å²) in [5.41, 5.74) is 0.653. The van der Waals surface area contributed by atoms with E-state index in [-0.39, 0.29) is 42.1 Å². The van der Waals surface area contributed by atoms with E-state index in [1.54, 1.807) is 38.1 Å². The van der Waals surface area contributed by atoms with Crippen LogP contribution in [0.1, 0.15) is 25.8 Å². The van der Waals surface area contributed by atoms with Crippen LogP contribution >= 0.6 is 11.8 Å². The minimum atomic E-state index is -0.714. The van der Waals surface area contributed by atoms with Crippen LogP contribution in [0.3, 0.4) is 0 Å². The number of thioether (sulfide) groups is 1. The van der Waals surface area contributed by atoms with Crippen LogP contribution in [0, 0.1) is 0 Å². The Morgan fingerprint density at radius 2 is 2.08 bits per heavy atom. The molecular weight excluding hydrogens is 358 g/mol. The maximum atomic E-state index is 12.2. The molecule has 0 unspecified atom stereocenters. The fourth-order valence-electron chi connectivity index (χ4n) is 2.34. The number of fused-ring (bicyclic) bond motifs is 1. The molecule has 0 bridgehead atoms. The third kappa shape index (κ3) is 3.60. The van der Waals surface area contributed by atoms with Crippen molar-refractivity contribution in [1.29, 1.82) is 0 Å². The van der Waals surface area contributed by atoms with E-state index in [1.165, 1.54) is 0 Å². The van der Waals surface area contributed by atoms with E-state index in [1.807, 2.05) is 0 Å². The zero-order chi connectivity index (χ0) is 18.7. The first kappa shape index (κ1) is 18.1. The number of aliphatic imine (C=N–C) groups is 1. The third-order valence-electron chi connectivity index (χ3n) is 3.59. The molecule has 1 amide bonds. The van der Waals surface area contributed by atoms with E-state index < -0.39 is 5.97 Å². The Labute approximate surface area is 154 Å². The van der Waals surface area contributed by atoms with Crippen molar-refractivity contribution in [2.24, 2.45) is 4.99 Å². The first-order valence-corrected chi connectivity index (χ1v) is 8.87. The largest absolute Gasteiger partial charge is 0.506 e. The Morgan fingerprint density at radius 1 is 1.31 bits per heavy atom. The Kier molecular flexibility index (Phi) is 5.32. The molecule has 0 saturated heterocycles. The van der Waals surface area contributed by atoms with Crippen LogP contribution in [-0.2, 0) is 14.3 Å². The first-order chi connectivity index (χ1) is 12.5. The molecule has 0 radical (unpaired) electrons. The molecule has 26 heavy (non-hydrogen) atoms. The molecule has 3 rings (SSSR count). The second-order valence-electron chi connectivity index (χ2n) is 5.33. The van der Waals surface area contributed by atoms with Gasteiger partial charge in [0.2, 0.25) is 12.7 Å². The van der Waals surface area contributed by atoms with Crippen LogP contribution in [0.2, 0.25) is 0 Å². The first-order valence-electron chi connectivity index (χ1n) is 8.05. The summed E-state index contributed by atoms with van der Waals surface area (Å²) in [5, 5.41) is 10.6. The van der Waals surface area contributed by atoms with Gasteiger partial charge in [-0.05, 0) is 30.7 Å². The van der Waals surface area contributed by atoms with E-state index in [2.05, 4.69) is 4.99 Å². The van der Waals surface area contributed by atoms with Crippen molar-refractivity contribution in [2.75, 3.05) is 13.4 Å². The average Bonchev–Trinajstić information content (AvgIpc) is 3.19. The van der Waals surface area contributed by atoms with Crippen LogP contribution in [0.5, 0.6) is 11.5 Å². The summed E-state index contributed by atoms with van der Waals surface area (Å²) in [6, 6.07) is 5.32. The van der Waals surface area contributed by atoms with Gasteiger partial charge in [-0.3, -0.25) is 4.79 Å². The Hall–Kier alpha value is -2.74. The molecule has 0 atom stereocenters. The Morgan fingerprint density at radius 3 is 2.81 bits per heavy atom. The van der Waals surface area contributed by atoms with Gasteiger partial charge < -0.3 is 19.3 Å². The van der Waals surface area contributed by atoms with Gasteiger partial charge in [-0.15, -0.1) is 0 Å². The highest BCUT2D eigenvalue weighted by Crippen LogP contribution is 2.40. The normalized spacial score (nSPS) is 18.7. The lowest BCUT2D eigenvalue weighted by Crippen LogP contribution is -2.14. The van der Waals surface area contributed by atoms with E-state index in [0.717, 1.165) is 17.3 Å². The van der Waals surface area contributed by atoms with Crippen LogP contribution in [0.4, 0.5) is 0 Å². The lowest BCUT2D eigenvalue weighted by Gasteiger charge is -2.02. The molecule has 136 valence electrons. The van der Waals surface area contributed by atoms with Crippen molar-refractivity contribution >= 4 is 34.8 Å². The molecule has 1 N–H and O–H groups in total. The summed E-state index contributed by atoms with van der Waals surface area (Å²) >= 11 is 1.05. The maximum Gasteiger partial charge on any atom is 0.344 e. The van der Waals surface area contributed by atoms with Crippen LogP contribution < -0.4 is 9.47 Å². The van der Waals surface area contributed by atoms with Crippen LogP contribution in [0.25, 0.3) is 6.08 Å². The van der Waals surface area contributed by atoms with Gasteiger partial charge in [0.25, 0.3) is 0 Å². The molecule has 8 heteroatoms. The predicted molar refractivity (Wildman–Crippen MR) is 97.2 cm³/mol. The monoisotopic (exact) mass is 375 g/mol. The molecule has 1 aromatic carbocycles. The van der Waals surface area contributed by atoms with Gasteiger partial charge in [0, 0.05) is 6.42 Å². The summed E-state index contributed by atoms with van der Waals surface area (Å²) < 4.78 is 15.6. The predicted octanol–water partition coefficient (Wildman–Crippen LogP) is 3.21. The zero-order valence-corrected chi connectivity index (χ0v) is 15.1. The number of hydrogen-bond acceptors (Lipinski definition) is 7.